The van der Waals surface area contributed by atoms with Crippen LogP contribution in [-0.4, -0.2) is 66.0 Å². The summed E-state index contributed by atoms with van der Waals surface area (Å²) in [6.45, 7) is 16.0. The number of aromatic nitrogens is 4. The molecule has 0 aliphatic carbocycles. The van der Waals surface area contributed by atoms with Gasteiger partial charge in [-0.15, -0.1) is 24.8 Å². The van der Waals surface area contributed by atoms with E-state index in [0.717, 1.165) is 78.0 Å². The molecule has 45 heavy (non-hydrogen) atoms. The van der Waals surface area contributed by atoms with E-state index in [1.54, 1.807) is 0 Å². The first-order valence-electron chi connectivity index (χ1n) is 13.9. The van der Waals surface area contributed by atoms with Gasteiger partial charge in [0, 0.05) is 70.0 Å². The smallest absolute Gasteiger partial charge is 0.303 e. The van der Waals surface area contributed by atoms with Crippen molar-refractivity contribution < 1.29 is 19.8 Å². The van der Waals surface area contributed by atoms with Gasteiger partial charge in [-0.25, -0.2) is 9.97 Å². The molecule has 8 nitrogen and oxygen atoms in total. The van der Waals surface area contributed by atoms with E-state index in [0.29, 0.717) is 24.2 Å². The molecule has 8 bridgehead atoms. The number of hydrogen-bond donors (Lipinski definition) is 4. The normalized spacial score (nSPS) is 12.2. The predicted octanol–water partition coefficient (Wildman–Crippen LogP) is 7.97. The monoisotopic (exact) mass is 754 g/mol. The number of aliphatic carboxylic acids is 2. The van der Waals surface area contributed by atoms with Crippen molar-refractivity contribution in [3.8, 4) is 0 Å². The van der Waals surface area contributed by atoms with Crippen LogP contribution in [0.4, 0.5) is 0 Å². The van der Waals surface area contributed by atoms with Crippen LogP contribution in [0.25, 0.3) is 50.4 Å². The molecular weight excluding hydrogens is 718 g/mol. The maximum absolute atomic E-state index is 11.5. The van der Waals surface area contributed by atoms with E-state index < -0.39 is 11.9 Å². The molecule has 0 saturated carbocycles. The number of H-pyrrole nitrogens is 2. The number of nitrogens with one attached hydrogen (secondary N) is 2. The molecule has 3 aromatic heterocycles. The van der Waals surface area contributed by atoms with E-state index in [1.165, 1.54) is 0 Å². The fraction of sp³-hybridized carbons (Fsp3) is 0.235. The van der Waals surface area contributed by atoms with Crippen molar-refractivity contribution >= 4 is 111 Å². The maximum Gasteiger partial charge on any atom is 0.303 e. The van der Waals surface area contributed by atoms with Gasteiger partial charge in [0.15, 0.2) is 0 Å². The average molecular weight is 754 g/mol. The first-order valence-corrected chi connectivity index (χ1v) is 13.9. The van der Waals surface area contributed by atoms with Crippen molar-refractivity contribution in [1.29, 1.82) is 0 Å². The summed E-state index contributed by atoms with van der Waals surface area (Å²) in [7, 11) is 0. The zero-order valence-electron chi connectivity index (χ0n) is 25.6. The number of aryl methyl sites for hydroxylation is 3. The zero-order valence-corrected chi connectivity index (χ0v) is 30.1. The van der Waals surface area contributed by atoms with Crippen LogP contribution in [0.5, 0.6) is 0 Å². The fourth-order valence-electron chi connectivity index (χ4n) is 5.77. The van der Waals surface area contributed by atoms with Crippen molar-refractivity contribution in [1.82, 2.24) is 19.9 Å². The van der Waals surface area contributed by atoms with Gasteiger partial charge in [0.25, 0.3) is 0 Å². The summed E-state index contributed by atoms with van der Waals surface area (Å²) in [5.41, 5.74) is 13.7. The molecule has 234 valence electrons. The van der Waals surface area contributed by atoms with Gasteiger partial charge < -0.3 is 20.2 Å². The SMILES string of the molecule is C=CC1=C(C)c2cc3nc(cc4[nH]c(cc5[nH]c(cc1n2)c(C)c5C=C)c(C)c4CCC(=O)O)C(CCC(=O)O)=C3C.Cl.Cl.[Sn]. The van der Waals surface area contributed by atoms with Gasteiger partial charge in [0.1, 0.15) is 0 Å². The van der Waals surface area contributed by atoms with Crippen molar-refractivity contribution in [3.05, 3.63) is 88.5 Å². The largest absolute Gasteiger partial charge is 0.481 e. The van der Waals surface area contributed by atoms with Crippen LogP contribution in [0.1, 0.15) is 78.1 Å². The molecule has 4 radical (unpaired) electrons. The number of nitrogens with zero attached hydrogens (tertiary/aromatic N) is 2. The Labute approximate surface area is 291 Å². The second-order valence-electron chi connectivity index (χ2n) is 10.7. The van der Waals surface area contributed by atoms with Crippen molar-refractivity contribution in [2.75, 3.05) is 0 Å². The van der Waals surface area contributed by atoms with Crippen LogP contribution in [0, 0.1) is 13.8 Å². The topological polar surface area (TPSA) is 132 Å². The fourth-order valence-corrected chi connectivity index (χ4v) is 5.77. The summed E-state index contributed by atoms with van der Waals surface area (Å²) >= 11 is 0. The average Bonchev–Trinajstić information content (AvgIpc) is 3.59. The van der Waals surface area contributed by atoms with E-state index in [-0.39, 0.29) is 61.6 Å². The van der Waals surface area contributed by atoms with Gasteiger partial charge in [-0.05, 0) is 98.2 Å². The van der Waals surface area contributed by atoms with Gasteiger partial charge in [0.2, 0.25) is 0 Å². The summed E-state index contributed by atoms with van der Waals surface area (Å²) in [4.78, 5) is 40.0. The third-order valence-corrected chi connectivity index (χ3v) is 8.22. The Hall–Kier alpha value is -3.60. The van der Waals surface area contributed by atoms with Crippen molar-refractivity contribution in [2.45, 2.75) is 53.4 Å². The Balaban J connectivity index is 0.00000235. The minimum atomic E-state index is -0.886. The second kappa shape index (κ2) is 15.1. The number of carboxylic acid groups (broad SMARTS) is 2. The van der Waals surface area contributed by atoms with Gasteiger partial charge in [-0.3, -0.25) is 9.59 Å². The van der Waals surface area contributed by atoms with Gasteiger partial charge in [-0.2, -0.15) is 0 Å². The first kappa shape index (κ1) is 37.6. The Morgan fingerprint density at radius 3 is 1.89 bits per heavy atom. The summed E-state index contributed by atoms with van der Waals surface area (Å²) in [5.74, 6) is -1.76. The van der Waals surface area contributed by atoms with Crippen LogP contribution >= 0.6 is 24.8 Å². The number of halogens is 2. The number of hydrogen-bond acceptors (Lipinski definition) is 4. The number of carboxylic acids is 2. The summed E-state index contributed by atoms with van der Waals surface area (Å²) in [6.07, 6.45) is 4.22. The standard InChI is InChI=1S/C34H34N4O4.2ClH.Sn/c1-7-21-17(3)25-13-26-19(5)23(9-11-33(39)40)31(37-26)16-32-24(10-12-34(41)42)20(6)28(38-32)15-30-22(8-2)18(4)27(36-30)14-29(21)35-25;;;/h7-8,13-16,36,38H,1-2,9-12H2,3-6H3,(H,39,40)(H,41,42);2*1H;. The molecule has 2 aliphatic heterocycles. The molecule has 4 N–H and O–H groups in total. The molecule has 0 unspecified atom stereocenters. The number of aromatic amines is 2. The minimum Gasteiger partial charge on any atom is -0.481 e. The van der Waals surface area contributed by atoms with E-state index in [2.05, 4.69) is 23.1 Å². The number of fused-ring (bicyclic) bond motifs is 8. The van der Waals surface area contributed by atoms with Gasteiger partial charge in [-0.1, -0.05) is 25.3 Å². The van der Waals surface area contributed by atoms with Crippen LogP contribution in [0.15, 0.2) is 43.5 Å². The zero-order chi connectivity index (χ0) is 30.3. The van der Waals surface area contributed by atoms with Crippen LogP contribution in [0.3, 0.4) is 0 Å². The quantitative estimate of drug-likeness (QED) is 0.173. The maximum atomic E-state index is 11.5. The van der Waals surface area contributed by atoms with E-state index >= 15 is 0 Å². The molecule has 5 heterocycles. The minimum absolute atomic E-state index is 0. The number of allylic oxidation sites excluding steroid dienone is 5. The molecule has 0 fully saturated rings. The molecule has 2 aliphatic rings. The molecule has 5 rings (SSSR count). The van der Waals surface area contributed by atoms with Crippen LogP contribution < -0.4 is 0 Å². The Kier molecular flexibility index (Phi) is 12.6. The molecule has 0 aromatic carbocycles. The van der Waals surface area contributed by atoms with Crippen molar-refractivity contribution in [3.63, 3.8) is 0 Å². The summed E-state index contributed by atoms with van der Waals surface area (Å²) in [5, 5.41) is 18.9. The van der Waals surface area contributed by atoms with Gasteiger partial charge >= 0.3 is 11.9 Å². The summed E-state index contributed by atoms with van der Waals surface area (Å²) in [6, 6.07) is 7.88. The molecule has 11 heteroatoms. The van der Waals surface area contributed by atoms with E-state index in [4.69, 9.17) is 9.97 Å². The second-order valence-corrected chi connectivity index (χ2v) is 10.7. The van der Waals surface area contributed by atoms with Crippen LogP contribution in [0.2, 0.25) is 0 Å². The van der Waals surface area contributed by atoms with E-state index in [1.807, 2.05) is 64.1 Å². The third kappa shape index (κ3) is 7.29. The van der Waals surface area contributed by atoms with E-state index in [9.17, 15) is 19.8 Å². The Bertz CT molecular complexity index is 1940. The third-order valence-electron chi connectivity index (χ3n) is 8.22. The number of rotatable bonds is 8. The first-order chi connectivity index (χ1) is 20.0. The molecule has 0 amide bonds. The molecular formula is C34H36Cl2N4O4Sn. The molecule has 0 atom stereocenters. The molecule has 3 aromatic rings. The summed E-state index contributed by atoms with van der Waals surface area (Å²) < 4.78 is 0. The molecule has 0 saturated heterocycles. The molecule has 0 spiro atoms. The van der Waals surface area contributed by atoms with Crippen molar-refractivity contribution in [2.24, 2.45) is 0 Å². The Morgan fingerprint density at radius 1 is 0.711 bits per heavy atom. The van der Waals surface area contributed by atoms with Gasteiger partial charge in [0.05, 0.1) is 22.8 Å². The number of carbonyl (C=O) groups is 2. The van der Waals surface area contributed by atoms with Crippen LogP contribution in [-0.2, 0) is 16.0 Å². The predicted molar refractivity (Wildman–Crippen MR) is 189 cm³/mol. The Morgan fingerprint density at radius 2 is 1.27 bits per heavy atom.